The van der Waals surface area contributed by atoms with Crippen molar-refractivity contribution < 1.29 is 13.9 Å². The van der Waals surface area contributed by atoms with Gasteiger partial charge in [0.15, 0.2) is 0 Å². The zero-order chi connectivity index (χ0) is 13.7. The molecule has 0 bridgehead atoms. The fraction of sp³-hybridized carbons (Fsp3) is 0.500. The second-order valence-corrected chi connectivity index (χ2v) is 4.71. The van der Waals surface area contributed by atoms with E-state index >= 15 is 0 Å². The quantitative estimate of drug-likeness (QED) is 0.847. The predicted molar refractivity (Wildman–Crippen MR) is 70.6 cm³/mol. The molecule has 1 aliphatic rings. The molecule has 104 valence electrons. The number of nitrogens with one attached hydrogen (secondary N) is 1. The molecule has 0 aliphatic carbocycles. The number of carbonyl (C=O) groups is 1. The molecule has 1 fully saturated rings. The first-order chi connectivity index (χ1) is 9.20. The van der Waals surface area contributed by atoms with Gasteiger partial charge in [0, 0.05) is 32.7 Å². The van der Waals surface area contributed by atoms with Gasteiger partial charge in [-0.1, -0.05) is 12.1 Å². The van der Waals surface area contributed by atoms with Crippen LogP contribution in [-0.4, -0.2) is 44.3 Å². The second kappa shape index (κ2) is 6.52. The van der Waals surface area contributed by atoms with E-state index in [-0.39, 0.29) is 17.8 Å². The number of halogens is 1. The minimum Gasteiger partial charge on any atom is -0.383 e. The van der Waals surface area contributed by atoms with Crippen LogP contribution in [0, 0.1) is 5.82 Å². The highest BCUT2D eigenvalue weighted by molar-refractivity contribution is 5.74. The third-order valence-electron chi connectivity index (χ3n) is 3.38. The van der Waals surface area contributed by atoms with Gasteiger partial charge < -0.3 is 15.0 Å². The standard InChI is InChI=1S/C14H19FN2O2/c1-19-8-6-16-14(18)17-7-5-12(10-17)11-3-2-4-13(15)9-11/h2-4,9,12H,5-8,10H2,1H3,(H,16,18). The number of methoxy groups -OCH3 is 1. The molecule has 1 N–H and O–H groups in total. The summed E-state index contributed by atoms with van der Waals surface area (Å²) in [5, 5.41) is 2.80. The minimum absolute atomic E-state index is 0.0732. The fourth-order valence-corrected chi connectivity index (χ4v) is 2.35. The molecule has 4 nitrogen and oxygen atoms in total. The van der Waals surface area contributed by atoms with Crippen molar-refractivity contribution in [2.24, 2.45) is 0 Å². The Morgan fingerprint density at radius 3 is 3.16 bits per heavy atom. The van der Waals surface area contributed by atoms with Gasteiger partial charge in [0.2, 0.25) is 0 Å². The van der Waals surface area contributed by atoms with E-state index in [1.165, 1.54) is 6.07 Å². The topological polar surface area (TPSA) is 41.6 Å². The van der Waals surface area contributed by atoms with Gasteiger partial charge in [0.05, 0.1) is 6.61 Å². The molecule has 2 rings (SSSR count). The van der Waals surface area contributed by atoms with Crippen molar-refractivity contribution in [3.63, 3.8) is 0 Å². The Kier molecular flexibility index (Phi) is 4.74. The van der Waals surface area contributed by atoms with Crippen molar-refractivity contribution in [3.05, 3.63) is 35.6 Å². The number of rotatable bonds is 4. The SMILES string of the molecule is COCCNC(=O)N1CCC(c2cccc(F)c2)C1. The Balaban J connectivity index is 1.87. The molecule has 0 saturated carbocycles. The number of ether oxygens (including phenoxy) is 1. The van der Waals surface area contributed by atoms with Crippen LogP contribution in [0.3, 0.4) is 0 Å². The van der Waals surface area contributed by atoms with E-state index in [1.54, 1.807) is 24.1 Å². The van der Waals surface area contributed by atoms with Gasteiger partial charge in [0.1, 0.15) is 5.82 Å². The molecule has 2 amide bonds. The molecule has 1 saturated heterocycles. The van der Waals surface area contributed by atoms with Crippen LogP contribution < -0.4 is 5.32 Å². The predicted octanol–water partition coefficient (Wildman–Crippen LogP) is 1.97. The highest BCUT2D eigenvalue weighted by atomic mass is 19.1. The number of amides is 2. The van der Waals surface area contributed by atoms with E-state index in [9.17, 15) is 9.18 Å². The van der Waals surface area contributed by atoms with Crippen molar-refractivity contribution in [3.8, 4) is 0 Å². The van der Waals surface area contributed by atoms with E-state index in [1.807, 2.05) is 6.07 Å². The lowest BCUT2D eigenvalue weighted by Crippen LogP contribution is -2.39. The molecule has 0 radical (unpaired) electrons. The van der Waals surface area contributed by atoms with Crippen molar-refractivity contribution in [1.29, 1.82) is 0 Å². The average molecular weight is 266 g/mol. The summed E-state index contributed by atoms with van der Waals surface area (Å²) in [6, 6.07) is 6.55. The van der Waals surface area contributed by atoms with Crippen LogP contribution in [0.2, 0.25) is 0 Å². The van der Waals surface area contributed by atoms with Crippen molar-refractivity contribution >= 4 is 6.03 Å². The zero-order valence-electron chi connectivity index (χ0n) is 11.1. The summed E-state index contributed by atoms with van der Waals surface area (Å²) >= 11 is 0. The summed E-state index contributed by atoms with van der Waals surface area (Å²) in [5.74, 6) is 0.00405. The average Bonchev–Trinajstić information content (AvgIpc) is 2.88. The first-order valence-corrected chi connectivity index (χ1v) is 6.48. The first-order valence-electron chi connectivity index (χ1n) is 6.48. The molecule has 1 aliphatic heterocycles. The number of carbonyl (C=O) groups excluding carboxylic acids is 1. The Hall–Kier alpha value is -1.62. The van der Waals surface area contributed by atoms with Gasteiger partial charge in [-0.25, -0.2) is 9.18 Å². The highest BCUT2D eigenvalue weighted by Gasteiger charge is 2.27. The van der Waals surface area contributed by atoms with Crippen LogP contribution >= 0.6 is 0 Å². The highest BCUT2D eigenvalue weighted by Crippen LogP contribution is 2.27. The minimum atomic E-state index is -0.222. The van der Waals surface area contributed by atoms with E-state index in [0.717, 1.165) is 12.0 Å². The molecule has 19 heavy (non-hydrogen) atoms. The fourth-order valence-electron chi connectivity index (χ4n) is 2.35. The lowest BCUT2D eigenvalue weighted by atomic mass is 9.98. The smallest absolute Gasteiger partial charge is 0.317 e. The lowest BCUT2D eigenvalue weighted by molar-refractivity contribution is 0.185. The molecular formula is C14H19FN2O2. The summed E-state index contributed by atoms with van der Waals surface area (Å²) in [6.07, 6.45) is 0.876. The third-order valence-corrected chi connectivity index (χ3v) is 3.38. The van der Waals surface area contributed by atoms with Gasteiger partial charge in [-0.2, -0.15) is 0 Å². The van der Waals surface area contributed by atoms with Crippen LogP contribution in [0.15, 0.2) is 24.3 Å². The number of nitrogens with zero attached hydrogens (tertiary/aromatic N) is 1. The number of hydrogen-bond acceptors (Lipinski definition) is 2. The number of hydrogen-bond donors (Lipinski definition) is 1. The Morgan fingerprint density at radius 1 is 1.58 bits per heavy atom. The molecule has 1 aromatic carbocycles. The van der Waals surface area contributed by atoms with Crippen molar-refractivity contribution in [1.82, 2.24) is 10.2 Å². The molecule has 1 aromatic rings. The van der Waals surface area contributed by atoms with Crippen molar-refractivity contribution in [2.75, 3.05) is 33.4 Å². The summed E-state index contributed by atoms with van der Waals surface area (Å²) in [7, 11) is 1.60. The normalized spacial score (nSPS) is 18.6. The largest absolute Gasteiger partial charge is 0.383 e. The summed E-state index contributed by atoms with van der Waals surface area (Å²) in [6.45, 7) is 2.37. The van der Waals surface area contributed by atoms with Crippen LogP contribution in [-0.2, 0) is 4.74 Å². The van der Waals surface area contributed by atoms with E-state index in [4.69, 9.17) is 4.74 Å². The van der Waals surface area contributed by atoms with E-state index < -0.39 is 0 Å². The number of benzene rings is 1. The maximum absolute atomic E-state index is 13.2. The van der Waals surface area contributed by atoms with E-state index in [0.29, 0.717) is 26.2 Å². The lowest BCUT2D eigenvalue weighted by Gasteiger charge is -2.17. The Labute approximate surface area is 112 Å². The molecule has 1 atom stereocenters. The Morgan fingerprint density at radius 2 is 2.42 bits per heavy atom. The first kappa shape index (κ1) is 13.8. The zero-order valence-corrected chi connectivity index (χ0v) is 11.1. The van der Waals surface area contributed by atoms with Gasteiger partial charge >= 0.3 is 6.03 Å². The molecule has 1 unspecified atom stereocenters. The molecule has 0 spiro atoms. The summed E-state index contributed by atoms with van der Waals surface area (Å²) in [4.78, 5) is 13.6. The summed E-state index contributed by atoms with van der Waals surface area (Å²) in [5.41, 5.74) is 0.965. The van der Waals surface area contributed by atoms with E-state index in [2.05, 4.69) is 5.32 Å². The number of urea groups is 1. The Bertz CT molecular complexity index is 439. The maximum atomic E-state index is 13.2. The molecule has 0 aromatic heterocycles. The van der Waals surface area contributed by atoms with Crippen LogP contribution in [0.25, 0.3) is 0 Å². The van der Waals surface area contributed by atoms with Gasteiger partial charge in [-0.05, 0) is 24.1 Å². The molecule has 5 heteroatoms. The second-order valence-electron chi connectivity index (χ2n) is 4.71. The van der Waals surface area contributed by atoms with Gasteiger partial charge in [0.25, 0.3) is 0 Å². The monoisotopic (exact) mass is 266 g/mol. The van der Waals surface area contributed by atoms with Crippen LogP contribution in [0.1, 0.15) is 17.9 Å². The van der Waals surface area contributed by atoms with Crippen molar-refractivity contribution in [2.45, 2.75) is 12.3 Å². The van der Waals surface area contributed by atoms with Gasteiger partial charge in [-0.15, -0.1) is 0 Å². The van der Waals surface area contributed by atoms with Crippen LogP contribution in [0.5, 0.6) is 0 Å². The summed E-state index contributed by atoms with van der Waals surface area (Å²) < 4.78 is 18.1. The third kappa shape index (κ3) is 3.67. The van der Waals surface area contributed by atoms with Gasteiger partial charge in [-0.3, -0.25) is 0 Å². The maximum Gasteiger partial charge on any atom is 0.317 e. The van der Waals surface area contributed by atoms with Crippen LogP contribution in [0.4, 0.5) is 9.18 Å². The molecular weight excluding hydrogens is 247 g/mol. The number of likely N-dealkylation sites (tertiary alicyclic amines) is 1. The molecule has 1 heterocycles.